The second-order valence-electron chi connectivity index (χ2n) is 5.74. The molecule has 3 nitrogen and oxygen atoms in total. The summed E-state index contributed by atoms with van der Waals surface area (Å²) in [5.74, 6) is 1.15. The van der Waals surface area contributed by atoms with Crippen LogP contribution in [0.4, 0.5) is 5.82 Å². The summed E-state index contributed by atoms with van der Waals surface area (Å²) >= 11 is 0. The molecule has 0 bridgehead atoms. The Kier molecular flexibility index (Phi) is 3.88. The average molecular weight is 269 g/mol. The Morgan fingerprint density at radius 3 is 2.80 bits per heavy atom. The number of fused-ring (bicyclic) bond motifs is 1. The summed E-state index contributed by atoms with van der Waals surface area (Å²) < 4.78 is 0. The maximum Gasteiger partial charge on any atom is 0.132 e. The molecule has 0 unspecified atom stereocenters. The van der Waals surface area contributed by atoms with Gasteiger partial charge in [0.1, 0.15) is 5.82 Å². The van der Waals surface area contributed by atoms with Gasteiger partial charge < -0.3 is 10.6 Å². The number of hydrogen-bond acceptors (Lipinski definition) is 3. The first-order valence-electron chi connectivity index (χ1n) is 7.62. The molecule has 1 aliphatic rings. The number of nitrogens with two attached hydrogens (primary N) is 1. The number of aromatic nitrogens is 1. The van der Waals surface area contributed by atoms with Gasteiger partial charge >= 0.3 is 0 Å². The van der Waals surface area contributed by atoms with E-state index < -0.39 is 0 Å². The molecule has 1 fully saturated rings. The standard InChI is InChI=1S/C17H23N3/c1-13-12-14-6-2-3-9-16(14)19-17(13)20(11-5-10-18)15-7-4-8-15/h2-3,6,9,12,15H,4-5,7-8,10-11,18H2,1H3. The van der Waals surface area contributed by atoms with Crippen LogP contribution in [0.25, 0.3) is 10.9 Å². The molecule has 2 aromatic rings. The Morgan fingerprint density at radius 1 is 1.30 bits per heavy atom. The van der Waals surface area contributed by atoms with Crippen LogP contribution in [0.2, 0.25) is 0 Å². The number of benzene rings is 1. The molecular weight excluding hydrogens is 246 g/mol. The molecule has 1 aromatic carbocycles. The van der Waals surface area contributed by atoms with Crippen LogP contribution in [-0.4, -0.2) is 24.1 Å². The molecule has 106 valence electrons. The molecule has 0 spiro atoms. The van der Waals surface area contributed by atoms with Gasteiger partial charge in [0.05, 0.1) is 5.52 Å². The van der Waals surface area contributed by atoms with Crippen molar-refractivity contribution < 1.29 is 0 Å². The minimum absolute atomic E-state index is 0.661. The summed E-state index contributed by atoms with van der Waals surface area (Å²) in [6, 6.07) is 11.3. The predicted molar refractivity (Wildman–Crippen MR) is 85.1 cm³/mol. The van der Waals surface area contributed by atoms with Crippen LogP contribution in [0.1, 0.15) is 31.2 Å². The topological polar surface area (TPSA) is 42.2 Å². The quantitative estimate of drug-likeness (QED) is 0.906. The maximum absolute atomic E-state index is 5.70. The van der Waals surface area contributed by atoms with Gasteiger partial charge in [-0.05, 0) is 56.8 Å². The first-order chi connectivity index (χ1) is 9.79. The predicted octanol–water partition coefficient (Wildman–Crippen LogP) is 3.25. The summed E-state index contributed by atoms with van der Waals surface area (Å²) in [7, 11) is 0. The first kappa shape index (κ1) is 13.4. The van der Waals surface area contributed by atoms with Gasteiger partial charge in [-0.3, -0.25) is 0 Å². The third kappa shape index (κ3) is 2.50. The van der Waals surface area contributed by atoms with Gasteiger partial charge in [-0.15, -0.1) is 0 Å². The number of para-hydroxylation sites is 1. The van der Waals surface area contributed by atoms with E-state index in [4.69, 9.17) is 10.7 Å². The van der Waals surface area contributed by atoms with Gasteiger partial charge in [-0.2, -0.15) is 0 Å². The van der Waals surface area contributed by atoms with Crippen LogP contribution in [0, 0.1) is 6.92 Å². The van der Waals surface area contributed by atoms with Crippen molar-refractivity contribution in [3.8, 4) is 0 Å². The van der Waals surface area contributed by atoms with Gasteiger partial charge in [0, 0.05) is 18.0 Å². The Hall–Kier alpha value is -1.61. The average Bonchev–Trinajstić information content (AvgIpc) is 2.40. The van der Waals surface area contributed by atoms with Gasteiger partial charge in [-0.1, -0.05) is 18.2 Å². The van der Waals surface area contributed by atoms with Crippen molar-refractivity contribution in [2.45, 2.75) is 38.6 Å². The largest absolute Gasteiger partial charge is 0.353 e. The van der Waals surface area contributed by atoms with E-state index in [1.54, 1.807) is 0 Å². The highest BCUT2D eigenvalue weighted by molar-refractivity contribution is 5.81. The smallest absolute Gasteiger partial charge is 0.132 e. The third-order valence-corrected chi connectivity index (χ3v) is 4.28. The van der Waals surface area contributed by atoms with E-state index in [0.717, 1.165) is 30.8 Å². The lowest BCUT2D eigenvalue weighted by Gasteiger charge is -2.39. The molecule has 0 radical (unpaired) electrons. The molecular formula is C17H23N3. The number of rotatable bonds is 5. The normalized spacial score (nSPS) is 15.3. The SMILES string of the molecule is Cc1cc2ccccc2nc1N(CCCN)C1CCC1. The molecule has 1 heterocycles. The molecule has 1 aromatic heterocycles. The molecule has 20 heavy (non-hydrogen) atoms. The Labute approximate surface area is 120 Å². The van der Waals surface area contributed by atoms with Crippen molar-refractivity contribution in [3.05, 3.63) is 35.9 Å². The minimum Gasteiger partial charge on any atom is -0.353 e. The molecule has 1 saturated carbocycles. The molecule has 3 heteroatoms. The Balaban J connectivity index is 1.98. The molecule has 0 atom stereocenters. The van der Waals surface area contributed by atoms with Crippen LogP contribution in [0.3, 0.4) is 0 Å². The lowest BCUT2D eigenvalue weighted by molar-refractivity contribution is 0.382. The zero-order chi connectivity index (χ0) is 13.9. The van der Waals surface area contributed by atoms with Gasteiger partial charge in [0.25, 0.3) is 0 Å². The number of pyridine rings is 1. The number of hydrogen-bond donors (Lipinski definition) is 1. The van der Waals surface area contributed by atoms with Crippen LogP contribution >= 0.6 is 0 Å². The lowest BCUT2D eigenvalue weighted by Crippen LogP contribution is -2.42. The van der Waals surface area contributed by atoms with E-state index in [-0.39, 0.29) is 0 Å². The van der Waals surface area contributed by atoms with Crippen molar-refractivity contribution in [2.75, 3.05) is 18.0 Å². The third-order valence-electron chi connectivity index (χ3n) is 4.28. The maximum atomic E-state index is 5.70. The second-order valence-corrected chi connectivity index (χ2v) is 5.74. The van der Waals surface area contributed by atoms with E-state index in [0.29, 0.717) is 6.04 Å². The molecule has 2 N–H and O–H groups in total. The lowest BCUT2D eigenvalue weighted by atomic mass is 9.91. The molecule has 0 saturated heterocycles. The van der Waals surface area contributed by atoms with E-state index >= 15 is 0 Å². The molecule has 1 aliphatic carbocycles. The summed E-state index contributed by atoms with van der Waals surface area (Å²) in [5.41, 5.74) is 8.06. The van der Waals surface area contributed by atoms with E-state index in [1.807, 2.05) is 0 Å². The zero-order valence-corrected chi connectivity index (χ0v) is 12.2. The fourth-order valence-electron chi connectivity index (χ4n) is 2.92. The Morgan fingerprint density at radius 2 is 2.10 bits per heavy atom. The fraction of sp³-hybridized carbons (Fsp3) is 0.471. The summed E-state index contributed by atoms with van der Waals surface area (Å²) in [6.45, 7) is 3.94. The van der Waals surface area contributed by atoms with Gasteiger partial charge in [0.2, 0.25) is 0 Å². The highest BCUT2D eigenvalue weighted by Crippen LogP contribution is 2.31. The molecule has 3 rings (SSSR count). The van der Waals surface area contributed by atoms with Crippen LogP contribution in [-0.2, 0) is 0 Å². The molecule has 0 amide bonds. The highest BCUT2D eigenvalue weighted by Gasteiger charge is 2.26. The fourth-order valence-corrected chi connectivity index (χ4v) is 2.92. The second kappa shape index (κ2) is 5.80. The van der Waals surface area contributed by atoms with Crippen molar-refractivity contribution >= 4 is 16.7 Å². The summed E-state index contributed by atoms with van der Waals surface area (Å²) in [4.78, 5) is 7.40. The van der Waals surface area contributed by atoms with Gasteiger partial charge in [-0.25, -0.2) is 4.98 Å². The number of nitrogens with zero attached hydrogens (tertiary/aromatic N) is 2. The monoisotopic (exact) mass is 269 g/mol. The summed E-state index contributed by atoms with van der Waals surface area (Å²) in [5, 5.41) is 1.22. The van der Waals surface area contributed by atoms with Crippen LogP contribution < -0.4 is 10.6 Å². The van der Waals surface area contributed by atoms with E-state index in [2.05, 4.69) is 42.2 Å². The van der Waals surface area contributed by atoms with Crippen molar-refractivity contribution in [2.24, 2.45) is 5.73 Å². The number of anilines is 1. The highest BCUT2D eigenvalue weighted by atomic mass is 15.2. The molecule has 0 aliphatic heterocycles. The Bertz CT molecular complexity index is 590. The zero-order valence-electron chi connectivity index (χ0n) is 12.2. The van der Waals surface area contributed by atoms with E-state index in [1.165, 1.54) is 30.2 Å². The van der Waals surface area contributed by atoms with Crippen molar-refractivity contribution in [1.29, 1.82) is 0 Å². The van der Waals surface area contributed by atoms with Crippen LogP contribution in [0.15, 0.2) is 30.3 Å². The van der Waals surface area contributed by atoms with Crippen molar-refractivity contribution in [1.82, 2.24) is 4.98 Å². The van der Waals surface area contributed by atoms with Crippen molar-refractivity contribution in [3.63, 3.8) is 0 Å². The summed E-state index contributed by atoms with van der Waals surface area (Å²) in [6.07, 6.45) is 4.96. The first-order valence-corrected chi connectivity index (χ1v) is 7.62. The number of aryl methyl sites for hydroxylation is 1. The van der Waals surface area contributed by atoms with Crippen LogP contribution in [0.5, 0.6) is 0 Å². The van der Waals surface area contributed by atoms with E-state index in [9.17, 15) is 0 Å². The van der Waals surface area contributed by atoms with Gasteiger partial charge in [0.15, 0.2) is 0 Å². The minimum atomic E-state index is 0.661.